The average Bonchev–Trinajstić information content (AvgIpc) is 1.85. The Morgan fingerprint density at radius 1 is 0.482 bits per heavy atom. The van der Waals surface area contributed by atoms with Crippen molar-refractivity contribution in [3.63, 3.8) is 0 Å². The normalized spacial score (nSPS) is 13.1. The topological polar surface area (TPSA) is 50.9 Å². The molecule has 0 atom stereocenters. The number of para-hydroxylation sites is 1. The maximum Gasteiger partial charge on any atom is 0.148 e. The summed E-state index contributed by atoms with van der Waals surface area (Å²) in [5, 5.41) is 17.5. The Kier molecular flexibility index (Phi) is 14.9. The number of hydrogen-bond acceptors (Lipinski definition) is 3. The second-order valence-corrected chi connectivity index (χ2v) is 27.3. The molecule has 2 aromatic heterocycles. The first-order chi connectivity index (χ1) is 39.3. The molecule has 2 heterocycles. The zero-order chi connectivity index (χ0) is 60.2. The molecule has 0 radical (unpaired) electrons. The molecule has 0 aliphatic carbocycles. The van der Waals surface area contributed by atoms with Crippen LogP contribution in [0.15, 0.2) is 176 Å². The van der Waals surface area contributed by atoms with Crippen molar-refractivity contribution in [3.8, 4) is 78.6 Å². The second kappa shape index (κ2) is 22.0. The van der Waals surface area contributed by atoms with E-state index in [1.807, 2.05) is 40.0 Å². The summed E-state index contributed by atoms with van der Waals surface area (Å²) in [6, 6.07) is 64.5. The van der Waals surface area contributed by atoms with Crippen molar-refractivity contribution in [1.29, 1.82) is 0 Å². The number of hydrogen-bond donors (Lipinski definition) is 1. The summed E-state index contributed by atoms with van der Waals surface area (Å²) in [5.74, 6) is -1.18. The SMILES string of the molecule is [2H]C(C)(C)c1cc(-c2ccc3c(ccc4ccccc43)c2)cc(C([2H])(C)C)c1-c1ccnc(-c2[c-]c(-c3cccc4c3nc(-c3cc(C(C)(C)C)cc(C(C)(C)C)c3O)n4-c3ccc(C(C)(C)C)cc3-c3ccccc3)cc(C(C)(C)C)c2)c1.[Pt]. The molecule has 4 nitrogen and oxygen atoms in total. The zero-order valence-electron chi connectivity index (χ0n) is 53.3. The smallest absolute Gasteiger partial charge is 0.148 e. The minimum Gasteiger partial charge on any atom is -0.507 e. The summed E-state index contributed by atoms with van der Waals surface area (Å²) in [7, 11) is 0. The molecule has 424 valence electrons. The van der Waals surface area contributed by atoms with E-state index in [4.69, 9.17) is 9.97 Å². The molecule has 0 spiro atoms. The third-order valence-electron chi connectivity index (χ3n) is 16.5. The minimum atomic E-state index is -1.02. The number of nitrogens with zero attached hydrogens (tertiary/aromatic N) is 3. The molecule has 0 fully saturated rings. The van der Waals surface area contributed by atoms with Gasteiger partial charge in [-0.15, -0.1) is 29.3 Å². The van der Waals surface area contributed by atoms with Crippen molar-refractivity contribution in [2.45, 2.75) is 144 Å². The van der Waals surface area contributed by atoms with Crippen molar-refractivity contribution in [1.82, 2.24) is 14.5 Å². The van der Waals surface area contributed by atoms with E-state index in [9.17, 15) is 7.85 Å². The largest absolute Gasteiger partial charge is 0.507 e. The van der Waals surface area contributed by atoms with Crippen LogP contribution in [0.5, 0.6) is 5.75 Å². The van der Waals surface area contributed by atoms with Crippen LogP contribution in [0.2, 0.25) is 0 Å². The molecule has 83 heavy (non-hydrogen) atoms. The Morgan fingerprint density at radius 2 is 1.10 bits per heavy atom. The monoisotopic (exact) mass is 1270 g/mol. The third kappa shape index (κ3) is 11.3. The van der Waals surface area contributed by atoms with E-state index in [0.717, 1.165) is 106 Å². The van der Waals surface area contributed by atoms with Crippen molar-refractivity contribution < 1.29 is 28.9 Å². The van der Waals surface area contributed by atoms with E-state index in [0.29, 0.717) is 11.4 Å². The van der Waals surface area contributed by atoms with Crippen LogP contribution in [-0.2, 0) is 42.7 Å². The number of phenols is 1. The molecular weight excluding hydrogens is 1190 g/mol. The third-order valence-corrected chi connectivity index (χ3v) is 16.5. The van der Waals surface area contributed by atoms with Gasteiger partial charge in [-0.2, -0.15) is 0 Å². The minimum absolute atomic E-state index is 0. The van der Waals surface area contributed by atoms with Crippen LogP contribution in [0, 0.1) is 6.07 Å². The average molecular weight is 1270 g/mol. The maximum absolute atomic E-state index is 12.7. The summed E-state index contributed by atoms with van der Waals surface area (Å²) in [4.78, 5) is 10.9. The van der Waals surface area contributed by atoms with E-state index >= 15 is 0 Å². The van der Waals surface area contributed by atoms with Gasteiger partial charge in [-0.25, -0.2) is 4.98 Å². The molecule has 0 amide bonds. The van der Waals surface area contributed by atoms with Gasteiger partial charge in [-0.3, -0.25) is 9.55 Å². The molecule has 0 unspecified atom stereocenters. The van der Waals surface area contributed by atoms with Crippen LogP contribution in [0.4, 0.5) is 0 Å². The number of fused-ring (bicyclic) bond motifs is 4. The fourth-order valence-corrected chi connectivity index (χ4v) is 11.7. The molecule has 11 aromatic rings. The van der Waals surface area contributed by atoms with Gasteiger partial charge < -0.3 is 5.11 Å². The van der Waals surface area contributed by atoms with Gasteiger partial charge in [0.1, 0.15) is 11.6 Å². The van der Waals surface area contributed by atoms with Crippen molar-refractivity contribution in [2.75, 3.05) is 0 Å². The predicted octanol–water partition coefficient (Wildman–Crippen LogP) is 21.7. The number of benzene rings is 9. The Morgan fingerprint density at radius 3 is 1.76 bits per heavy atom. The number of rotatable bonds is 9. The van der Waals surface area contributed by atoms with Crippen LogP contribution >= 0.6 is 0 Å². The van der Waals surface area contributed by atoms with Crippen LogP contribution in [-0.4, -0.2) is 19.6 Å². The van der Waals surface area contributed by atoms with Gasteiger partial charge in [0.15, 0.2) is 0 Å². The van der Waals surface area contributed by atoms with Crippen molar-refractivity contribution >= 4 is 32.6 Å². The maximum atomic E-state index is 12.7. The summed E-state index contributed by atoms with van der Waals surface area (Å²) >= 11 is 0. The first kappa shape index (κ1) is 56.1. The second-order valence-electron chi connectivity index (χ2n) is 27.3. The fraction of sp³-hybridized carbons (Fsp3) is 0.282. The number of pyridine rings is 1. The fourth-order valence-electron chi connectivity index (χ4n) is 11.7. The Balaban J connectivity index is 0.00000803. The van der Waals surface area contributed by atoms with Crippen LogP contribution in [0.1, 0.15) is 159 Å². The number of imidazole rings is 1. The Labute approximate surface area is 511 Å². The van der Waals surface area contributed by atoms with E-state index in [2.05, 4.69) is 258 Å². The quantitative estimate of drug-likeness (QED) is 0.116. The van der Waals surface area contributed by atoms with Gasteiger partial charge >= 0.3 is 0 Å². The molecule has 9 aromatic carbocycles. The van der Waals surface area contributed by atoms with E-state index in [1.165, 1.54) is 21.7 Å². The first-order valence-corrected chi connectivity index (χ1v) is 29.1. The standard InChI is InChI=1S/C78H80N3O.Pt/c1-47(2)63-41-54(51-31-33-61-52(37-51)30-29-50-25-20-21-26-60(50)61)42-64(48(3)4)71(63)53-35-36-79-68(43-53)56-38-55(39-58(40-56)76(8,9)10)62-27-22-28-70-72(62)80-74(66-45-59(77(11,12)13)46-67(73(66)82)78(14,15)16)81(70)69-34-32-57(75(5,6)7)44-65(69)49-23-18-17-19-24-49;/h17-37,39-48,82H,1-16H3;/q-1;/i47D,48D;. The molecule has 1 N–H and O–H groups in total. The number of aromatic hydroxyl groups is 1. The van der Waals surface area contributed by atoms with Crippen LogP contribution < -0.4 is 0 Å². The summed E-state index contributed by atoms with van der Waals surface area (Å²) in [6.45, 7) is 34.4. The van der Waals surface area contributed by atoms with Gasteiger partial charge in [0.2, 0.25) is 0 Å². The van der Waals surface area contributed by atoms with Crippen molar-refractivity contribution in [2.24, 2.45) is 0 Å². The molecule has 5 heteroatoms. The summed E-state index contributed by atoms with van der Waals surface area (Å²) in [6.07, 6.45) is 1.86. The van der Waals surface area contributed by atoms with Gasteiger partial charge in [-0.1, -0.05) is 243 Å². The van der Waals surface area contributed by atoms with E-state index in [-0.39, 0.29) is 48.5 Å². The van der Waals surface area contributed by atoms with E-state index < -0.39 is 11.8 Å². The van der Waals surface area contributed by atoms with Gasteiger partial charge in [0.05, 0.1) is 22.3 Å². The number of phenolic OH excluding ortho intramolecular Hbond substituents is 1. The molecule has 0 bridgehead atoms. The molecule has 11 rings (SSSR count). The zero-order valence-corrected chi connectivity index (χ0v) is 53.6. The summed E-state index contributed by atoms with van der Waals surface area (Å²) < 4.78 is 21.8. The molecule has 0 aliphatic rings. The van der Waals surface area contributed by atoms with Crippen molar-refractivity contribution in [3.05, 3.63) is 216 Å². The van der Waals surface area contributed by atoms with Crippen LogP contribution in [0.3, 0.4) is 0 Å². The summed E-state index contributed by atoms with van der Waals surface area (Å²) in [5.41, 5.74) is 17.6. The van der Waals surface area contributed by atoms with E-state index in [1.54, 1.807) is 0 Å². The van der Waals surface area contributed by atoms with Gasteiger partial charge in [-0.05, 0) is 141 Å². The molecule has 0 saturated carbocycles. The molecule has 0 aliphatic heterocycles. The van der Waals surface area contributed by atoms with Gasteiger partial charge in [0.25, 0.3) is 0 Å². The predicted molar refractivity (Wildman–Crippen MR) is 350 cm³/mol. The van der Waals surface area contributed by atoms with Gasteiger partial charge in [0, 0.05) is 46.8 Å². The Bertz CT molecular complexity index is 4340. The molecule has 0 saturated heterocycles. The number of aromatic nitrogens is 3. The first-order valence-electron chi connectivity index (χ1n) is 30.1. The Hall–Kier alpha value is -7.39. The van der Waals surface area contributed by atoms with Crippen LogP contribution in [0.25, 0.3) is 105 Å². The molecular formula is C78H80N3OPt-.